The van der Waals surface area contributed by atoms with Crippen molar-refractivity contribution in [1.82, 2.24) is 14.9 Å². The van der Waals surface area contributed by atoms with Gasteiger partial charge in [0.05, 0.1) is 10.0 Å². The van der Waals surface area contributed by atoms with Crippen molar-refractivity contribution in [3.05, 3.63) is 82.1 Å². The highest BCUT2D eigenvalue weighted by atomic mass is 35.5. The van der Waals surface area contributed by atoms with Crippen LogP contribution in [0.2, 0.25) is 10.0 Å². The highest BCUT2D eigenvalue weighted by Crippen LogP contribution is 2.25. The van der Waals surface area contributed by atoms with Gasteiger partial charge in [0.25, 0.3) is 0 Å². The SMILES string of the molecule is Cn1ccnc1[C@@H](NC(=O)Nc1ccc(Cl)c(Cl)c1)c1cccc(F)c1. The summed E-state index contributed by atoms with van der Waals surface area (Å²) in [6.07, 6.45) is 3.36. The fraction of sp³-hybridized carbons (Fsp3) is 0.111. The lowest BCUT2D eigenvalue weighted by Gasteiger charge is -2.19. The van der Waals surface area contributed by atoms with Crippen molar-refractivity contribution in [2.75, 3.05) is 5.32 Å². The van der Waals surface area contributed by atoms with Gasteiger partial charge < -0.3 is 15.2 Å². The number of benzene rings is 2. The molecule has 0 radical (unpaired) electrons. The van der Waals surface area contributed by atoms with Crippen LogP contribution in [-0.4, -0.2) is 15.6 Å². The summed E-state index contributed by atoms with van der Waals surface area (Å²) in [5.41, 5.74) is 1.05. The Hall–Kier alpha value is -2.57. The predicted octanol–water partition coefficient (Wildman–Crippen LogP) is 4.78. The fourth-order valence-electron chi connectivity index (χ4n) is 2.51. The summed E-state index contributed by atoms with van der Waals surface area (Å²) in [5, 5.41) is 6.21. The maximum Gasteiger partial charge on any atom is 0.320 e. The van der Waals surface area contributed by atoms with Gasteiger partial charge in [0, 0.05) is 25.1 Å². The summed E-state index contributed by atoms with van der Waals surface area (Å²) in [6, 6.07) is 9.65. The molecule has 1 aromatic heterocycles. The molecule has 0 aliphatic carbocycles. The van der Waals surface area contributed by atoms with Gasteiger partial charge in [-0.25, -0.2) is 14.2 Å². The average Bonchev–Trinajstić information content (AvgIpc) is 3.02. The lowest BCUT2D eigenvalue weighted by molar-refractivity contribution is 0.249. The second-order valence-corrected chi connectivity index (χ2v) is 6.43. The molecule has 0 saturated carbocycles. The van der Waals surface area contributed by atoms with Crippen molar-refractivity contribution in [2.24, 2.45) is 7.05 Å². The van der Waals surface area contributed by atoms with Gasteiger partial charge in [0.1, 0.15) is 17.7 Å². The van der Waals surface area contributed by atoms with E-state index in [4.69, 9.17) is 23.2 Å². The molecule has 0 fully saturated rings. The zero-order valence-electron chi connectivity index (χ0n) is 13.7. The summed E-state index contributed by atoms with van der Waals surface area (Å²) >= 11 is 11.8. The van der Waals surface area contributed by atoms with E-state index in [1.165, 1.54) is 12.1 Å². The van der Waals surface area contributed by atoms with Crippen LogP contribution >= 0.6 is 23.2 Å². The Morgan fingerprint density at radius 2 is 2.00 bits per heavy atom. The van der Waals surface area contributed by atoms with Crippen molar-refractivity contribution in [1.29, 1.82) is 0 Å². The Morgan fingerprint density at radius 3 is 2.65 bits per heavy atom. The number of aromatic nitrogens is 2. The van der Waals surface area contributed by atoms with Crippen LogP contribution in [0.4, 0.5) is 14.9 Å². The third-order valence-electron chi connectivity index (χ3n) is 3.75. The maximum absolute atomic E-state index is 13.7. The number of carbonyl (C=O) groups excluding carboxylic acids is 1. The molecule has 1 heterocycles. The molecule has 0 unspecified atom stereocenters. The van der Waals surface area contributed by atoms with Crippen LogP contribution in [-0.2, 0) is 7.05 Å². The summed E-state index contributed by atoms with van der Waals surface area (Å²) < 4.78 is 15.4. The molecule has 2 N–H and O–H groups in total. The Kier molecular flexibility index (Phi) is 5.44. The molecule has 3 rings (SSSR count). The van der Waals surface area contributed by atoms with Crippen LogP contribution in [0.25, 0.3) is 0 Å². The molecule has 26 heavy (non-hydrogen) atoms. The van der Waals surface area contributed by atoms with Crippen molar-refractivity contribution < 1.29 is 9.18 Å². The Bertz CT molecular complexity index is 944. The molecular weight excluding hydrogens is 378 g/mol. The molecule has 8 heteroatoms. The standard InChI is InChI=1S/C18H15Cl2FN4O/c1-25-8-7-22-17(25)16(11-3-2-4-12(21)9-11)24-18(26)23-13-5-6-14(19)15(20)10-13/h2-10,16H,1H3,(H2,23,24,26)/t16-/m0/s1. The van der Waals surface area contributed by atoms with E-state index in [0.29, 0.717) is 27.1 Å². The van der Waals surface area contributed by atoms with Gasteiger partial charge in [0.15, 0.2) is 0 Å². The molecular formula is C18H15Cl2FN4O. The number of carbonyl (C=O) groups is 1. The van der Waals surface area contributed by atoms with Gasteiger partial charge >= 0.3 is 6.03 Å². The number of hydrogen-bond donors (Lipinski definition) is 2. The van der Waals surface area contributed by atoms with Crippen LogP contribution in [0.15, 0.2) is 54.9 Å². The van der Waals surface area contributed by atoms with Gasteiger partial charge in [0.2, 0.25) is 0 Å². The minimum absolute atomic E-state index is 0.329. The normalized spacial score (nSPS) is 11.8. The molecule has 134 valence electrons. The zero-order chi connectivity index (χ0) is 18.7. The summed E-state index contributed by atoms with van der Waals surface area (Å²) in [4.78, 5) is 16.7. The van der Waals surface area contributed by atoms with E-state index in [1.807, 2.05) is 0 Å². The van der Waals surface area contributed by atoms with Crippen LogP contribution < -0.4 is 10.6 Å². The third-order valence-corrected chi connectivity index (χ3v) is 4.49. The minimum atomic E-state index is -0.631. The average molecular weight is 393 g/mol. The van der Waals surface area contributed by atoms with E-state index < -0.39 is 17.9 Å². The Morgan fingerprint density at radius 1 is 1.19 bits per heavy atom. The number of amides is 2. The first-order chi connectivity index (χ1) is 12.4. The number of nitrogens with zero attached hydrogens (tertiary/aromatic N) is 2. The van der Waals surface area contributed by atoms with Crippen molar-refractivity contribution in [3.63, 3.8) is 0 Å². The maximum atomic E-state index is 13.7. The lowest BCUT2D eigenvalue weighted by Crippen LogP contribution is -2.34. The minimum Gasteiger partial charge on any atom is -0.336 e. The van der Waals surface area contributed by atoms with E-state index in [1.54, 1.807) is 54.3 Å². The molecule has 0 aliphatic heterocycles. The zero-order valence-corrected chi connectivity index (χ0v) is 15.2. The van der Waals surface area contributed by atoms with Crippen LogP contribution in [0.1, 0.15) is 17.4 Å². The molecule has 0 spiro atoms. The first-order valence-electron chi connectivity index (χ1n) is 7.69. The molecule has 5 nitrogen and oxygen atoms in total. The number of aryl methyl sites for hydroxylation is 1. The summed E-state index contributed by atoms with van der Waals surface area (Å²) in [7, 11) is 1.80. The fourth-order valence-corrected chi connectivity index (χ4v) is 2.81. The van der Waals surface area contributed by atoms with E-state index in [2.05, 4.69) is 15.6 Å². The summed E-state index contributed by atoms with van der Waals surface area (Å²) in [5.74, 6) is 0.174. The number of anilines is 1. The van der Waals surface area contributed by atoms with E-state index in [-0.39, 0.29) is 0 Å². The van der Waals surface area contributed by atoms with Gasteiger partial charge in [-0.2, -0.15) is 0 Å². The van der Waals surface area contributed by atoms with Crippen LogP contribution in [0.5, 0.6) is 0 Å². The Balaban J connectivity index is 1.84. The van der Waals surface area contributed by atoms with E-state index in [9.17, 15) is 9.18 Å². The molecule has 0 aliphatic rings. The summed E-state index contributed by atoms with van der Waals surface area (Å²) in [6.45, 7) is 0. The van der Waals surface area contributed by atoms with E-state index >= 15 is 0 Å². The van der Waals surface area contributed by atoms with Crippen molar-refractivity contribution in [2.45, 2.75) is 6.04 Å². The first-order valence-corrected chi connectivity index (χ1v) is 8.45. The molecule has 0 bridgehead atoms. The number of halogens is 3. The molecule has 1 atom stereocenters. The number of nitrogens with one attached hydrogen (secondary N) is 2. The van der Waals surface area contributed by atoms with Gasteiger partial charge in [-0.1, -0.05) is 35.3 Å². The molecule has 3 aromatic rings. The highest BCUT2D eigenvalue weighted by molar-refractivity contribution is 6.42. The highest BCUT2D eigenvalue weighted by Gasteiger charge is 2.21. The quantitative estimate of drug-likeness (QED) is 0.671. The molecule has 0 saturated heterocycles. The second kappa shape index (κ2) is 7.76. The van der Waals surface area contributed by atoms with Crippen LogP contribution in [0, 0.1) is 5.82 Å². The predicted molar refractivity (Wildman–Crippen MR) is 100 cm³/mol. The largest absolute Gasteiger partial charge is 0.336 e. The molecule has 2 amide bonds. The van der Waals surface area contributed by atoms with Gasteiger partial charge in [-0.15, -0.1) is 0 Å². The number of imidazole rings is 1. The topological polar surface area (TPSA) is 59.0 Å². The van der Waals surface area contributed by atoms with Gasteiger partial charge in [-0.05, 0) is 35.9 Å². The lowest BCUT2D eigenvalue weighted by atomic mass is 10.1. The van der Waals surface area contributed by atoms with Crippen LogP contribution in [0.3, 0.4) is 0 Å². The molecule has 2 aromatic carbocycles. The third kappa shape index (κ3) is 4.15. The van der Waals surface area contributed by atoms with Crippen molar-refractivity contribution in [3.8, 4) is 0 Å². The Labute approximate surface area is 159 Å². The van der Waals surface area contributed by atoms with E-state index in [0.717, 1.165) is 0 Å². The second-order valence-electron chi connectivity index (χ2n) is 5.61. The number of rotatable bonds is 4. The first kappa shape index (κ1) is 18.2. The smallest absolute Gasteiger partial charge is 0.320 e. The number of hydrogen-bond acceptors (Lipinski definition) is 2. The monoisotopic (exact) mass is 392 g/mol. The van der Waals surface area contributed by atoms with Crippen molar-refractivity contribution >= 4 is 34.9 Å². The van der Waals surface area contributed by atoms with Gasteiger partial charge in [-0.3, -0.25) is 0 Å². The number of urea groups is 1.